The Hall–Kier alpha value is -4.05. The fourth-order valence-corrected chi connectivity index (χ4v) is 2.94. The molecular weight excluding hydrogens is 613 g/mol. The molecule has 0 saturated carbocycles. The average Bonchev–Trinajstić information content (AvgIpc) is 3.36. The van der Waals surface area contributed by atoms with Crippen molar-refractivity contribution in [3.05, 3.63) is 115 Å². The van der Waals surface area contributed by atoms with E-state index in [1.165, 1.54) is 0 Å². The van der Waals surface area contributed by atoms with Crippen LogP contribution < -0.4 is 5.10 Å². The fourth-order valence-electron chi connectivity index (χ4n) is 2.94. The van der Waals surface area contributed by atoms with Crippen LogP contribution in [-0.4, -0.2) is 15.1 Å². The van der Waals surface area contributed by atoms with Crippen LogP contribution in [0.25, 0.3) is 33.9 Å². The third kappa shape index (κ3) is 6.04. The van der Waals surface area contributed by atoms with Crippen LogP contribution >= 0.6 is 0 Å². The van der Waals surface area contributed by atoms with Crippen LogP contribution in [0.4, 0.5) is 8.78 Å². The number of benzene rings is 2. The van der Waals surface area contributed by atoms with Crippen molar-refractivity contribution in [2.24, 2.45) is 0 Å². The summed E-state index contributed by atoms with van der Waals surface area (Å²) in [7, 11) is 0. The molecule has 0 spiro atoms. The molecule has 0 aliphatic rings. The van der Waals surface area contributed by atoms with Crippen LogP contribution in [0.2, 0.25) is 0 Å². The van der Waals surface area contributed by atoms with Crippen LogP contribution in [0.5, 0.6) is 0 Å². The summed E-state index contributed by atoms with van der Waals surface area (Å²) in [6.07, 6.45) is 3.28. The Morgan fingerprint density at radius 3 is 2.09 bits per heavy atom. The standard InChI is InChI=1S/C15H9N4.C11H6F2N.Ir/c16-10-11-4-6-12(7-5-11)14-9-15(19-18-14)13-3-1-2-8-17-13;12-8-4-5-9(10(13)7-8)11-3-1-2-6-14-11;/h1-9H;1-4,6-7H;/q2*-1;. The van der Waals surface area contributed by atoms with E-state index < -0.39 is 11.6 Å². The minimum atomic E-state index is -0.649. The van der Waals surface area contributed by atoms with Crippen LogP contribution in [0.1, 0.15) is 5.56 Å². The minimum absolute atomic E-state index is 0. The Morgan fingerprint density at radius 2 is 1.50 bits per heavy atom. The molecule has 5 nitrogen and oxygen atoms in total. The predicted octanol–water partition coefficient (Wildman–Crippen LogP) is 5.46. The van der Waals surface area contributed by atoms with E-state index in [4.69, 9.17) is 5.26 Å². The zero-order valence-corrected chi connectivity index (χ0v) is 19.9. The van der Waals surface area contributed by atoms with Gasteiger partial charge in [-0.1, -0.05) is 47.7 Å². The summed E-state index contributed by atoms with van der Waals surface area (Å²) in [5.41, 5.74) is 4.54. The summed E-state index contributed by atoms with van der Waals surface area (Å²) in [5.74, 6) is -1.29. The van der Waals surface area contributed by atoms with E-state index in [2.05, 4.69) is 32.3 Å². The van der Waals surface area contributed by atoms with Crippen molar-refractivity contribution < 1.29 is 28.9 Å². The first-order chi connectivity index (χ1) is 16.1. The second kappa shape index (κ2) is 11.7. The van der Waals surface area contributed by atoms with Gasteiger partial charge >= 0.3 is 0 Å². The van der Waals surface area contributed by atoms with Crippen molar-refractivity contribution in [1.82, 2.24) is 20.2 Å². The van der Waals surface area contributed by atoms with Crippen LogP contribution in [0.15, 0.2) is 91.3 Å². The maximum absolute atomic E-state index is 13.2. The van der Waals surface area contributed by atoms with Crippen molar-refractivity contribution in [3.8, 4) is 40.0 Å². The molecule has 0 N–H and O–H groups in total. The molecule has 0 fully saturated rings. The first-order valence-electron chi connectivity index (χ1n) is 9.84. The Bertz CT molecular complexity index is 1380. The molecule has 1 radical (unpaired) electrons. The topological polar surface area (TPSA) is 76.6 Å². The SMILES string of the molecule is Fc1c[c-]c(-c2ccccn2)c(F)c1.N#Cc1ccc(-c2cc(-c3ccccn3)[n-]n2)cc1.[Ir]. The summed E-state index contributed by atoms with van der Waals surface area (Å²) >= 11 is 0. The molecule has 2 aromatic carbocycles. The van der Waals surface area contributed by atoms with E-state index in [9.17, 15) is 8.78 Å². The van der Waals surface area contributed by atoms with Gasteiger partial charge in [0, 0.05) is 55.5 Å². The number of halogens is 2. The number of rotatable bonds is 3. The van der Waals surface area contributed by atoms with Gasteiger partial charge in [-0.05, 0) is 47.7 Å². The molecule has 0 amide bonds. The molecule has 8 heteroatoms. The minimum Gasteiger partial charge on any atom is -0.573 e. The van der Waals surface area contributed by atoms with E-state index in [0.717, 1.165) is 34.8 Å². The van der Waals surface area contributed by atoms with Crippen molar-refractivity contribution >= 4 is 0 Å². The predicted molar refractivity (Wildman–Crippen MR) is 119 cm³/mol. The third-order valence-electron chi connectivity index (χ3n) is 4.55. The molecule has 169 valence electrons. The zero-order valence-electron chi connectivity index (χ0n) is 17.5. The Labute approximate surface area is 208 Å². The summed E-state index contributed by atoms with van der Waals surface area (Å²) in [5, 5.41) is 17.0. The molecule has 34 heavy (non-hydrogen) atoms. The van der Waals surface area contributed by atoms with Gasteiger partial charge in [0.2, 0.25) is 0 Å². The van der Waals surface area contributed by atoms with Crippen LogP contribution in [0.3, 0.4) is 0 Å². The summed E-state index contributed by atoms with van der Waals surface area (Å²) in [6.45, 7) is 0. The number of nitrogens with zero attached hydrogens (tertiary/aromatic N) is 5. The smallest absolute Gasteiger partial charge is 0.0991 e. The van der Waals surface area contributed by atoms with Crippen molar-refractivity contribution in [2.45, 2.75) is 0 Å². The van der Waals surface area contributed by atoms with Crippen molar-refractivity contribution in [1.29, 1.82) is 5.26 Å². The van der Waals surface area contributed by atoms with Gasteiger partial charge in [0.15, 0.2) is 0 Å². The Kier molecular flexibility index (Phi) is 8.47. The summed E-state index contributed by atoms with van der Waals surface area (Å²) in [6, 6.07) is 26.5. The molecular formula is C26H15F2IrN5-2. The van der Waals surface area contributed by atoms with E-state index >= 15 is 0 Å². The molecule has 3 heterocycles. The monoisotopic (exact) mass is 628 g/mol. The largest absolute Gasteiger partial charge is 0.573 e. The summed E-state index contributed by atoms with van der Waals surface area (Å²) in [4.78, 5) is 8.18. The maximum atomic E-state index is 13.2. The molecule has 0 unspecified atom stereocenters. The number of hydrogen-bond acceptors (Lipinski definition) is 4. The normalized spacial score (nSPS) is 9.79. The fraction of sp³-hybridized carbons (Fsp3) is 0. The molecule has 0 bridgehead atoms. The Balaban J connectivity index is 0.000000193. The maximum Gasteiger partial charge on any atom is 0.0991 e. The van der Waals surface area contributed by atoms with Crippen molar-refractivity contribution in [3.63, 3.8) is 0 Å². The quantitative estimate of drug-likeness (QED) is 0.248. The van der Waals surface area contributed by atoms with Gasteiger partial charge in [-0.25, -0.2) is 0 Å². The van der Waals surface area contributed by atoms with Gasteiger partial charge in [0.25, 0.3) is 0 Å². The van der Waals surface area contributed by atoms with Crippen LogP contribution in [-0.2, 0) is 20.1 Å². The van der Waals surface area contributed by atoms with E-state index in [0.29, 0.717) is 11.3 Å². The van der Waals surface area contributed by atoms with E-state index in [1.54, 1.807) is 42.7 Å². The van der Waals surface area contributed by atoms with Crippen LogP contribution in [0, 0.1) is 29.0 Å². The van der Waals surface area contributed by atoms with E-state index in [-0.39, 0.29) is 25.7 Å². The van der Waals surface area contributed by atoms with Gasteiger partial charge in [-0.2, -0.15) is 5.26 Å². The first-order valence-corrected chi connectivity index (χ1v) is 9.84. The number of nitriles is 1. The van der Waals surface area contributed by atoms with Gasteiger partial charge < -0.3 is 15.2 Å². The second-order valence-corrected chi connectivity index (χ2v) is 6.77. The first kappa shape index (κ1) is 24.6. The zero-order chi connectivity index (χ0) is 23.0. The number of hydrogen-bond donors (Lipinski definition) is 0. The molecule has 3 aromatic heterocycles. The molecule has 5 rings (SSSR count). The number of pyridine rings is 2. The molecule has 5 aromatic rings. The van der Waals surface area contributed by atoms with E-state index in [1.807, 2.05) is 36.4 Å². The van der Waals surface area contributed by atoms with Crippen molar-refractivity contribution in [2.75, 3.05) is 0 Å². The second-order valence-electron chi connectivity index (χ2n) is 6.77. The third-order valence-corrected chi connectivity index (χ3v) is 4.55. The number of aromatic nitrogens is 4. The molecule has 0 saturated heterocycles. The molecule has 0 aliphatic carbocycles. The van der Waals surface area contributed by atoms with Gasteiger partial charge in [-0.15, -0.1) is 12.1 Å². The average molecular weight is 628 g/mol. The Morgan fingerprint density at radius 1 is 0.824 bits per heavy atom. The molecule has 0 atom stereocenters. The van der Waals surface area contributed by atoms with Gasteiger partial charge in [-0.3, -0.25) is 13.8 Å². The summed E-state index contributed by atoms with van der Waals surface area (Å²) < 4.78 is 25.8. The van der Waals surface area contributed by atoms with Gasteiger partial charge in [0.05, 0.1) is 11.6 Å². The molecule has 0 aliphatic heterocycles. The van der Waals surface area contributed by atoms with Gasteiger partial charge in [0.1, 0.15) is 0 Å².